The van der Waals surface area contributed by atoms with Gasteiger partial charge in [0.2, 0.25) is 0 Å². The Labute approximate surface area is 126 Å². The number of nitrogen functional groups attached to an aromatic ring is 1. The van der Waals surface area contributed by atoms with Crippen molar-refractivity contribution in [1.29, 1.82) is 0 Å². The summed E-state index contributed by atoms with van der Waals surface area (Å²) in [5.74, 6) is -0.00912. The van der Waals surface area contributed by atoms with Gasteiger partial charge in [-0.1, -0.05) is 22.0 Å². The van der Waals surface area contributed by atoms with Crippen LogP contribution in [0.25, 0.3) is 0 Å². The van der Waals surface area contributed by atoms with Crippen LogP contribution in [0.5, 0.6) is 0 Å². The summed E-state index contributed by atoms with van der Waals surface area (Å²) in [6.07, 6.45) is 0. The van der Waals surface area contributed by atoms with Crippen LogP contribution in [-0.2, 0) is 17.1 Å². The normalized spacial score (nSPS) is 11.6. The first kappa shape index (κ1) is 14.9. The van der Waals surface area contributed by atoms with Crippen LogP contribution in [0.1, 0.15) is 11.3 Å². The fraction of sp³-hybridized carbons (Fsp3) is 0.250. The molecule has 2 aromatic rings. The van der Waals surface area contributed by atoms with Crippen molar-refractivity contribution in [3.05, 3.63) is 33.9 Å². The molecule has 0 spiro atoms. The fourth-order valence-electron chi connectivity index (χ4n) is 1.86. The largest absolute Gasteiger partial charge is 0.381 e. The first-order valence-electron chi connectivity index (χ1n) is 5.81. The predicted molar refractivity (Wildman–Crippen MR) is 82.0 cm³/mol. The third-order valence-electron chi connectivity index (χ3n) is 3.09. The Morgan fingerprint density at radius 3 is 2.55 bits per heavy atom. The zero-order valence-electron chi connectivity index (χ0n) is 11.3. The number of hydrogen-bond acceptors (Lipinski definition) is 4. The number of nitrogens with two attached hydrogens (primary N) is 1. The van der Waals surface area contributed by atoms with Crippen LogP contribution in [-0.4, -0.2) is 18.2 Å². The van der Waals surface area contributed by atoms with E-state index in [0.29, 0.717) is 11.4 Å². The highest BCUT2D eigenvalue weighted by Crippen LogP contribution is 2.28. The number of benzene rings is 1. The minimum Gasteiger partial charge on any atom is -0.381 e. The van der Waals surface area contributed by atoms with E-state index in [9.17, 15) is 8.42 Å². The van der Waals surface area contributed by atoms with Crippen LogP contribution < -0.4 is 10.5 Å². The van der Waals surface area contributed by atoms with Crippen LogP contribution in [0.2, 0.25) is 0 Å². The summed E-state index contributed by atoms with van der Waals surface area (Å²) in [6, 6.07) is 5.30. The highest BCUT2D eigenvalue weighted by Gasteiger charge is 2.25. The summed E-state index contributed by atoms with van der Waals surface area (Å²) >= 11 is 3.37. The molecule has 8 heteroatoms. The van der Waals surface area contributed by atoms with E-state index in [2.05, 4.69) is 25.8 Å². The van der Waals surface area contributed by atoms with Gasteiger partial charge in [-0.05, 0) is 31.5 Å². The summed E-state index contributed by atoms with van der Waals surface area (Å²) < 4.78 is 29.7. The minimum atomic E-state index is -3.77. The first-order chi connectivity index (χ1) is 9.24. The Morgan fingerprint density at radius 2 is 2.00 bits per heavy atom. The predicted octanol–water partition coefficient (Wildman–Crippen LogP) is 2.18. The first-order valence-corrected chi connectivity index (χ1v) is 8.08. The molecular formula is C12H15BrN4O2S. The number of halogens is 1. The summed E-state index contributed by atoms with van der Waals surface area (Å²) in [4.78, 5) is 0.0133. The molecule has 0 aliphatic heterocycles. The van der Waals surface area contributed by atoms with E-state index in [-0.39, 0.29) is 10.7 Å². The molecule has 108 valence electrons. The maximum absolute atomic E-state index is 12.5. The van der Waals surface area contributed by atoms with E-state index in [0.717, 1.165) is 10.0 Å². The maximum Gasteiger partial charge on any atom is 0.267 e. The molecule has 0 aliphatic carbocycles. The molecule has 0 atom stereocenters. The van der Waals surface area contributed by atoms with Crippen molar-refractivity contribution in [3.63, 3.8) is 0 Å². The van der Waals surface area contributed by atoms with Gasteiger partial charge in [0.05, 0.1) is 11.4 Å². The number of aromatic nitrogens is 2. The zero-order chi connectivity index (χ0) is 15.1. The SMILES string of the molecule is Cc1c(Br)cccc1NS(=O)(=O)c1c(N)nn(C)c1C. The van der Waals surface area contributed by atoms with Gasteiger partial charge < -0.3 is 5.73 Å². The topological polar surface area (TPSA) is 90.0 Å². The van der Waals surface area contributed by atoms with Crippen LogP contribution >= 0.6 is 15.9 Å². The smallest absolute Gasteiger partial charge is 0.267 e. The van der Waals surface area contributed by atoms with Gasteiger partial charge in [-0.15, -0.1) is 0 Å². The number of nitrogens with one attached hydrogen (secondary N) is 1. The number of hydrogen-bond donors (Lipinski definition) is 2. The molecular weight excluding hydrogens is 344 g/mol. The monoisotopic (exact) mass is 358 g/mol. The van der Waals surface area contributed by atoms with E-state index < -0.39 is 10.0 Å². The molecule has 0 fully saturated rings. The molecule has 0 aliphatic rings. The summed E-state index contributed by atoms with van der Waals surface area (Å²) in [6.45, 7) is 3.48. The van der Waals surface area contributed by atoms with Crippen molar-refractivity contribution < 1.29 is 8.42 Å². The number of rotatable bonds is 3. The second-order valence-corrected chi connectivity index (χ2v) is 6.91. The molecule has 2 rings (SSSR count). The van der Waals surface area contributed by atoms with Gasteiger partial charge in [-0.3, -0.25) is 9.40 Å². The lowest BCUT2D eigenvalue weighted by molar-refractivity contribution is 0.600. The lowest BCUT2D eigenvalue weighted by Gasteiger charge is -2.11. The number of anilines is 2. The molecule has 6 nitrogen and oxygen atoms in total. The molecule has 0 amide bonds. The van der Waals surface area contributed by atoms with Crippen molar-refractivity contribution in [1.82, 2.24) is 9.78 Å². The van der Waals surface area contributed by atoms with Crippen molar-refractivity contribution in [2.45, 2.75) is 18.7 Å². The Balaban J connectivity index is 2.49. The third-order valence-corrected chi connectivity index (χ3v) is 5.47. The van der Waals surface area contributed by atoms with Gasteiger partial charge in [0.1, 0.15) is 0 Å². The van der Waals surface area contributed by atoms with Crippen molar-refractivity contribution in [2.24, 2.45) is 7.05 Å². The molecule has 1 aromatic carbocycles. The summed E-state index contributed by atoms with van der Waals surface area (Å²) in [7, 11) is -2.12. The molecule has 0 saturated carbocycles. The average molecular weight is 359 g/mol. The molecule has 0 unspecified atom stereocenters. The molecule has 3 N–H and O–H groups in total. The maximum atomic E-state index is 12.5. The second kappa shape index (κ2) is 5.10. The molecule has 1 heterocycles. The summed E-state index contributed by atoms with van der Waals surface area (Å²) in [5, 5.41) is 3.92. The quantitative estimate of drug-likeness (QED) is 0.879. The van der Waals surface area contributed by atoms with Crippen LogP contribution in [0.4, 0.5) is 11.5 Å². The Bertz CT molecular complexity index is 768. The molecule has 0 bridgehead atoms. The van der Waals surface area contributed by atoms with Gasteiger partial charge in [0, 0.05) is 11.5 Å². The molecule has 0 saturated heterocycles. The van der Waals surface area contributed by atoms with E-state index in [1.165, 1.54) is 4.68 Å². The lowest BCUT2D eigenvalue weighted by Crippen LogP contribution is -2.16. The van der Waals surface area contributed by atoms with Gasteiger partial charge in [-0.25, -0.2) is 8.42 Å². The van der Waals surface area contributed by atoms with Crippen LogP contribution in [0.15, 0.2) is 27.6 Å². The highest BCUT2D eigenvalue weighted by atomic mass is 79.9. The number of nitrogens with zero attached hydrogens (tertiary/aromatic N) is 2. The zero-order valence-corrected chi connectivity index (χ0v) is 13.7. The van der Waals surface area contributed by atoms with Gasteiger partial charge >= 0.3 is 0 Å². The fourth-order valence-corrected chi connectivity index (χ4v) is 3.68. The van der Waals surface area contributed by atoms with Crippen molar-refractivity contribution in [2.75, 3.05) is 10.5 Å². The Kier molecular flexibility index (Phi) is 3.79. The molecule has 20 heavy (non-hydrogen) atoms. The van der Waals surface area contributed by atoms with Gasteiger partial charge in [0.25, 0.3) is 10.0 Å². The second-order valence-electron chi connectivity index (χ2n) is 4.44. The van der Waals surface area contributed by atoms with Crippen LogP contribution in [0, 0.1) is 13.8 Å². The minimum absolute atomic E-state index is 0.00912. The number of aryl methyl sites for hydroxylation is 1. The van der Waals surface area contributed by atoms with Gasteiger partial charge in [-0.2, -0.15) is 5.10 Å². The molecule has 0 radical (unpaired) electrons. The van der Waals surface area contributed by atoms with E-state index in [1.54, 1.807) is 26.1 Å². The van der Waals surface area contributed by atoms with E-state index >= 15 is 0 Å². The Morgan fingerprint density at radius 1 is 1.35 bits per heavy atom. The Hall–Kier alpha value is -1.54. The number of sulfonamides is 1. The highest BCUT2D eigenvalue weighted by molar-refractivity contribution is 9.10. The van der Waals surface area contributed by atoms with Crippen molar-refractivity contribution in [3.8, 4) is 0 Å². The van der Waals surface area contributed by atoms with E-state index in [4.69, 9.17) is 5.73 Å². The average Bonchev–Trinajstić information content (AvgIpc) is 2.59. The standard InChI is InChI=1S/C12H15BrN4O2S/c1-7-9(13)5-4-6-10(7)16-20(18,19)11-8(2)17(3)15-12(11)14/h4-6,16H,1-3H3,(H2,14,15). The van der Waals surface area contributed by atoms with Crippen molar-refractivity contribution >= 4 is 37.5 Å². The lowest BCUT2D eigenvalue weighted by atomic mass is 10.2. The van der Waals surface area contributed by atoms with Gasteiger partial charge in [0.15, 0.2) is 10.7 Å². The van der Waals surface area contributed by atoms with Crippen LogP contribution in [0.3, 0.4) is 0 Å². The summed E-state index contributed by atoms with van der Waals surface area (Å²) in [5.41, 5.74) is 7.48. The molecule has 1 aromatic heterocycles. The van der Waals surface area contributed by atoms with E-state index in [1.807, 2.05) is 13.0 Å². The third kappa shape index (κ3) is 2.53.